The Balaban J connectivity index is 2.49. The van der Waals surface area contributed by atoms with Crippen molar-refractivity contribution < 1.29 is 18.3 Å². The smallest absolute Gasteiger partial charge is 0.392 e. The van der Waals surface area contributed by atoms with Gasteiger partial charge in [-0.05, 0) is 17.7 Å². The van der Waals surface area contributed by atoms with E-state index in [9.17, 15) is 13.2 Å². The van der Waals surface area contributed by atoms with Crippen molar-refractivity contribution in [2.24, 2.45) is 0 Å². The SMILES string of the molecule is N#Cc1cc(C(F)(F)F)nn1-c1ccc(CO)cc1. The van der Waals surface area contributed by atoms with Gasteiger partial charge < -0.3 is 5.11 Å². The quantitative estimate of drug-likeness (QED) is 0.907. The van der Waals surface area contributed by atoms with Crippen molar-refractivity contribution in [3.8, 4) is 11.8 Å². The molecule has 0 amide bonds. The Morgan fingerprint density at radius 2 is 1.89 bits per heavy atom. The van der Waals surface area contributed by atoms with E-state index < -0.39 is 11.9 Å². The molecule has 1 aromatic heterocycles. The minimum atomic E-state index is -4.60. The maximum Gasteiger partial charge on any atom is 0.435 e. The standard InChI is InChI=1S/C12H8F3N3O/c13-12(14,15)11-5-10(6-16)18(17-11)9-3-1-8(7-19)2-4-9/h1-5,19H,7H2. The fourth-order valence-corrected chi connectivity index (χ4v) is 1.54. The van der Waals surface area contributed by atoms with Crippen LogP contribution < -0.4 is 0 Å². The van der Waals surface area contributed by atoms with E-state index in [1.807, 2.05) is 0 Å². The van der Waals surface area contributed by atoms with Crippen molar-refractivity contribution in [2.45, 2.75) is 12.8 Å². The summed E-state index contributed by atoms with van der Waals surface area (Å²) in [4.78, 5) is 0. The van der Waals surface area contributed by atoms with E-state index in [1.54, 1.807) is 18.2 Å². The second-order valence-electron chi connectivity index (χ2n) is 3.76. The lowest BCUT2D eigenvalue weighted by molar-refractivity contribution is -0.141. The molecular weight excluding hydrogens is 259 g/mol. The van der Waals surface area contributed by atoms with Gasteiger partial charge in [0.05, 0.1) is 12.3 Å². The third-order valence-electron chi connectivity index (χ3n) is 2.48. The summed E-state index contributed by atoms with van der Waals surface area (Å²) in [6.07, 6.45) is -4.60. The van der Waals surface area contributed by atoms with Crippen LogP contribution in [0.15, 0.2) is 30.3 Å². The Bertz CT molecular complexity index is 623. The van der Waals surface area contributed by atoms with E-state index in [4.69, 9.17) is 10.4 Å². The Labute approximate surface area is 106 Å². The largest absolute Gasteiger partial charge is 0.435 e. The van der Waals surface area contributed by atoms with Gasteiger partial charge >= 0.3 is 6.18 Å². The third-order valence-corrected chi connectivity index (χ3v) is 2.48. The molecule has 0 saturated heterocycles. The van der Waals surface area contributed by atoms with Gasteiger partial charge in [0.1, 0.15) is 11.8 Å². The minimum absolute atomic E-state index is 0.168. The van der Waals surface area contributed by atoms with Crippen molar-refractivity contribution in [2.75, 3.05) is 0 Å². The number of benzene rings is 1. The van der Waals surface area contributed by atoms with Crippen molar-refractivity contribution in [1.82, 2.24) is 9.78 Å². The van der Waals surface area contributed by atoms with E-state index in [0.29, 0.717) is 17.3 Å². The number of alkyl halides is 3. The first kappa shape index (κ1) is 13.1. The number of halogens is 3. The number of aliphatic hydroxyl groups is 1. The Hall–Kier alpha value is -2.33. The zero-order chi connectivity index (χ0) is 14.0. The summed E-state index contributed by atoms with van der Waals surface area (Å²) in [7, 11) is 0. The second-order valence-corrected chi connectivity index (χ2v) is 3.76. The summed E-state index contributed by atoms with van der Waals surface area (Å²) in [5, 5.41) is 21.1. The molecule has 0 fully saturated rings. The van der Waals surface area contributed by atoms with Gasteiger partial charge in [0.2, 0.25) is 0 Å². The van der Waals surface area contributed by atoms with E-state index in [1.165, 1.54) is 12.1 Å². The molecule has 4 nitrogen and oxygen atoms in total. The predicted octanol–water partition coefficient (Wildman–Crippen LogP) is 2.26. The van der Waals surface area contributed by atoms with E-state index >= 15 is 0 Å². The molecule has 0 unspecified atom stereocenters. The lowest BCUT2D eigenvalue weighted by Crippen LogP contribution is -2.07. The molecule has 0 atom stereocenters. The highest BCUT2D eigenvalue weighted by molar-refractivity contribution is 5.39. The molecule has 2 aromatic rings. The summed E-state index contributed by atoms with van der Waals surface area (Å²) in [5.41, 5.74) is -0.380. The molecule has 0 aliphatic carbocycles. The molecule has 0 aliphatic rings. The molecule has 0 saturated carbocycles. The van der Waals surface area contributed by atoms with Gasteiger partial charge in [-0.1, -0.05) is 12.1 Å². The van der Waals surface area contributed by atoms with E-state index in [2.05, 4.69) is 5.10 Å². The summed E-state index contributed by atoms with van der Waals surface area (Å²) >= 11 is 0. The molecule has 98 valence electrons. The van der Waals surface area contributed by atoms with Gasteiger partial charge in [-0.25, -0.2) is 4.68 Å². The Kier molecular flexibility index (Phi) is 3.27. The van der Waals surface area contributed by atoms with Crippen LogP contribution in [0.4, 0.5) is 13.2 Å². The van der Waals surface area contributed by atoms with Crippen LogP contribution in [0.5, 0.6) is 0 Å². The molecule has 0 radical (unpaired) electrons. The van der Waals surface area contributed by atoms with Crippen LogP contribution in [0.3, 0.4) is 0 Å². The Morgan fingerprint density at radius 3 is 2.37 bits per heavy atom. The highest BCUT2D eigenvalue weighted by atomic mass is 19.4. The maximum absolute atomic E-state index is 12.5. The van der Waals surface area contributed by atoms with E-state index in [-0.39, 0.29) is 12.3 Å². The molecule has 2 rings (SSSR count). The Morgan fingerprint density at radius 1 is 1.26 bits per heavy atom. The normalized spacial score (nSPS) is 11.3. The van der Waals surface area contributed by atoms with Gasteiger partial charge in [0, 0.05) is 6.07 Å². The molecule has 0 spiro atoms. The maximum atomic E-state index is 12.5. The lowest BCUT2D eigenvalue weighted by Gasteiger charge is -2.04. The van der Waals surface area contributed by atoms with E-state index in [0.717, 1.165) is 4.68 Å². The average Bonchev–Trinajstić information content (AvgIpc) is 2.83. The van der Waals surface area contributed by atoms with Crippen molar-refractivity contribution >= 4 is 0 Å². The minimum Gasteiger partial charge on any atom is -0.392 e. The molecule has 19 heavy (non-hydrogen) atoms. The number of hydrogen-bond donors (Lipinski definition) is 1. The molecule has 0 bridgehead atoms. The lowest BCUT2D eigenvalue weighted by atomic mass is 10.2. The van der Waals surface area contributed by atoms with Crippen LogP contribution >= 0.6 is 0 Å². The van der Waals surface area contributed by atoms with Crippen LogP contribution in [0, 0.1) is 11.3 Å². The number of hydrogen-bond acceptors (Lipinski definition) is 3. The monoisotopic (exact) mass is 267 g/mol. The van der Waals surface area contributed by atoms with Crippen molar-refractivity contribution in [3.05, 3.63) is 47.3 Å². The van der Waals surface area contributed by atoms with Gasteiger partial charge in [0.15, 0.2) is 5.69 Å². The summed E-state index contributed by atoms with van der Waals surface area (Å²) in [5.74, 6) is 0. The number of aliphatic hydroxyl groups excluding tert-OH is 1. The molecule has 1 aromatic carbocycles. The number of aromatic nitrogens is 2. The molecule has 1 heterocycles. The van der Waals surface area contributed by atoms with Crippen LogP contribution in [0.25, 0.3) is 5.69 Å². The molecule has 7 heteroatoms. The number of nitrogens with zero attached hydrogens (tertiary/aromatic N) is 3. The fraction of sp³-hybridized carbons (Fsp3) is 0.167. The van der Waals surface area contributed by atoms with Gasteiger partial charge in [-0.15, -0.1) is 0 Å². The van der Waals surface area contributed by atoms with Crippen LogP contribution in [-0.2, 0) is 12.8 Å². The summed E-state index contributed by atoms with van der Waals surface area (Å²) < 4.78 is 38.5. The first-order chi connectivity index (χ1) is 8.95. The summed E-state index contributed by atoms with van der Waals surface area (Å²) in [6, 6.07) is 8.43. The predicted molar refractivity (Wildman–Crippen MR) is 59.2 cm³/mol. The third kappa shape index (κ3) is 2.58. The highest BCUT2D eigenvalue weighted by Crippen LogP contribution is 2.29. The molecule has 1 N–H and O–H groups in total. The first-order valence-electron chi connectivity index (χ1n) is 5.23. The molecular formula is C12H8F3N3O. The number of rotatable bonds is 2. The zero-order valence-corrected chi connectivity index (χ0v) is 9.52. The van der Waals surface area contributed by atoms with Gasteiger partial charge in [-0.2, -0.15) is 23.5 Å². The summed E-state index contributed by atoms with van der Waals surface area (Å²) in [6.45, 7) is -0.168. The van der Waals surface area contributed by atoms with Gasteiger partial charge in [-0.3, -0.25) is 0 Å². The van der Waals surface area contributed by atoms with Crippen LogP contribution in [-0.4, -0.2) is 14.9 Å². The van der Waals surface area contributed by atoms with Gasteiger partial charge in [0.25, 0.3) is 0 Å². The number of nitriles is 1. The first-order valence-corrected chi connectivity index (χ1v) is 5.23. The fourth-order valence-electron chi connectivity index (χ4n) is 1.54. The van der Waals surface area contributed by atoms with Crippen molar-refractivity contribution in [1.29, 1.82) is 5.26 Å². The topological polar surface area (TPSA) is 61.8 Å². The zero-order valence-electron chi connectivity index (χ0n) is 9.52. The van der Waals surface area contributed by atoms with Crippen LogP contribution in [0.1, 0.15) is 17.0 Å². The average molecular weight is 267 g/mol. The van der Waals surface area contributed by atoms with Crippen LogP contribution in [0.2, 0.25) is 0 Å². The highest BCUT2D eigenvalue weighted by Gasteiger charge is 2.35. The molecule has 0 aliphatic heterocycles. The van der Waals surface area contributed by atoms with Crippen molar-refractivity contribution in [3.63, 3.8) is 0 Å². The second kappa shape index (κ2) is 4.74.